The summed E-state index contributed by atoms with van der Waals surface area (Å²) < 4.78 is 20.4. The molecule has 0 aromatic heterocycles. The van der Waals surface area contributed by atoms with Crippen LogP contribution < -0.4 is 9.97 Å². The molecule has 2 atom stereocenters. The van der Waals surface area contributed by atoms with Gasteiger partial charge in [-0.15, -0.1) is 0 Å². The van der Waals surface area contributed by atoms with Crippen LogP contribution in [0, 0.1) is 12.7 Å². The van der Waals surface area contributed by atoms with E-state index in [1.165, 1.54) is 4.90 Å². The summed E-state index contributed by atoms with van der Waals surface area (Å²) in [6, 6.07) is 1.43. The van der Waals surface area contributed by atoms with Crippen LogP contribution in [0.3, 0.4) is 0 Å². The van der Waals surface area contributed by atoms with E-state index >= 15 is 0 Å². The number of carbonyl (C=O) groups is 5. The Labute approximate surface area is 233 Å². The standard InChI is InChI=1S/C26H27BFN3O10/c1-3-30-6-7-31(24(36)23(30)35)26(39)29-21(15-10-17(32)18(33)11-16(15)28)19(34)9-14-8-13-5-4-12(2)20(25(37)38)22(13)41-27(14)40/h4-5,10-11,14,21,32-33,40H,3,6-9H2,1-2H3,(H,29,39)(H,37,38)/t14-,21?/m1/s1. The molecular weight excluding hydrogens is 544 g/mol. The molecule has 0 saturated carbocycles. The number of urea groups is 1. The number of benzene rings is 2. The summed E-state index contributed by atoms with van der Waals surface area (Å²) in [7, 11) is -1.64. The van der Waals surface area contributed by atoms with E-state index in [0.29, 0.717) is 22.1 Å². The molecule has 2 aliphatic rings. The number of phenols is 2. The number of nitrogens with one attached hydrogen (secondary N) is 1. The molecule has 0 radical (unpaired) electrons. The molecule has 1 saturated heterocycles. The van der Waals surface area contributed by atoms with Crippen molar-refractivity contribution < 1.29 is 53.4 Å². The van der Waals surface area contributed by atoms with Crippen molar-refractivity contribution in [3.05, 3.63) is 52.3 Å². The normalized spacial score (nSPS) is 17.6. The van der Waals surface area contributed by atoms with Gasteiger partial charge in [0, 0.05) is 43.5 Å². The van der Waals surface area contributed by atoms with Gasteiger partial charge in [0.2, 0.25) is 0 Å². The van der Waals surface area contributed by atoms with Crippen molar-refractivity contribution in [2.24, 2.45) is 0 Å². The van der Waals surface area contributed by atoms with Crippen molar-refractivity contribution in [2.75, 3.05) is 19.6 Å². The van der Waals surface area contributed by atoms with E-state index < -0.39 is 77.9 Å². The van der Waals surface area contributed by atoms with Crippen LogP contribution in [0.5, 0.6) is 17.2 Å². The van der Waals surface area contributed by atoms with Crippen LogP contribution in [0.4, 0.5) is 9.18 Å². The molecule has 41 heavy (non-hydrogen) atoms. The maximum absolute atomic E-state index is 14.9. The average molecular weight is 571 g/mol. The van der Waals surface area contributed by atoms with E-state index in [9.17, 15) is 48.7 Å². The summed E-state index contributed by atoms with van der Waals surface area (Å²) in [5, 5.41) is 42.1. The Bertz CT molecular complexity index is 1450. The summed E-state index contributed by atoms with van der Waals surface area (Å²) in [5.41, 5.74) is 0.125. The zero-order chi connectivity index (χ0) is 30.2. The van der Waals surface area contributed by atoms with E-state index in [1.807, 2.05) is 0 Å². The van der Waals surface area contributed by atoms with Crippen molar-refractivity contribution in [3.63, 3.8) is 0 Å². The molecule has 216 valence electrons. The lowest BCUT2D eigenvalue weighted by Crippen LogP contribution is -2.58. The van der Waals surface area contributed by atoms with E-state index in [-0.39, 0.29) is 37.4 Å². The van der Waals surface area contributed by atoms with E-state index in [1.54, 1.807) is 26.0 Å². The smallest absolute Gasteiger partial charge is 0.526 e. The number of imide groups is 1. The summed E-state index contributed by atoms with van der Waals surface area (Å²) in [6.45, 7) is 3.31. The summed E-state index contributed by atoms with van der Waals surface area (Å²) in [4.78, 5) is 64.9. The van der Waals surface area contributed by atoms with Gasteiger partial charge in [0.25, 0.3) is 0 Å². The van der Waals surface area contributed by atoms with Crippen molar-refractivity contribution in [1.29, 1.82) is 0 Å². The van der Waals surface area contributed by atoms with Gasteiger partial charge in [-0.2, -0.15) is 0 Å². The topological polar surface area (TPSA) is 194 Å². The number of halogens is 1. The fourth-order valence-electron chi connectivity index (χ4n) is 4.93. The van der Waals surface area contributed by atoms with Crippen LogP contribution in [0.1, 0.15) is 46.4 Å². The number of aromatic hydroxyl groups is 2. The van der Waals surface area contributed by atoms with Gasteiger partial charge >= 0.3 is 30.9 Å². The fourth-order valence-corrected chi connectivity index (χ4v) is 4.93. The lowest BCUT2D eigenvalue weighted by atomic mass is 9.64. The van der Waals surface area contributed by atoms with Gasteiger partial charge < -0.3 is 35.2 Å². The maximum Gasteiger partial charge on any atom is 0.526 e. The number of phenolic OH excluding ortho intramolecular Hbond substituents is 2. The average Bonchev–Trinajstić information content (AvgIpc) is 2.91. The molecule has 0 bridgehead atoms. The SMILES string of the molecule is CCN1CCN(C(=O)NC(C(=O)C[C@H]2Cc3ccc(C)c(C(=O)O)c3OB2O)c2cc(O)c(O)cc2F)C(=O)C1=O. The third-order valence-corrected chi connectivity index (χ3v) is 7.18. The van der Waals surface area contributed by atoms with Crippen LogP contribution in [-0.2, 0) is 20.8 Å². The number of ketones is 1. The Kier molecular flexibility index (Phi) is 8.19. The van der Waals surface area contributed by atoms with Crippen LogP contribution in [0.15, 0.2) is 24.3 Å². The number of carboxylic acid groups (broad SMARTS) is 1. The summed E-state index contributed by atoms with van der Waals surface area (Å²) in [6.07, 6.45) is -0.516. The second-order valence-electron chi connectivity index (χ2n) is 9.78. The van der Waals surface area contributed by atoms with Crippen molar-refractivity contribution in [1.82, 2.24) is 15.1 Å². The highest BCUT2D eigenvalue weighted by Gasteiger charge is 2.42. The highest BCUT2D eigenvalue weighted by molar-refractivity contribution is 6.47. The number of amides is 4. The third kappa shape index (κ3) is 5.66. The van der Waals surface area contributed by atoms with Crippen molar-refractivity contribution in [3.8, 4) is 17.2 Å². The number of fused-ring (bicyclic) bond motifs is 1. The zero-order valence-electron chi connectivity index (χ0n) is 22.1. The van der Waals surface area contributed by atoms with Gasteiger partial charge in [0.15, 0.2) is 17.3 Å². The molecule has 5 N–H and O–H groups in total. The van der Waals surface area contributed by atoms with E-state index in [0.717, 1.165) is 6.07 Å². The molecule has 2 heterocycles. The van der Waals surface area contributed by atoms with Crippen molar-refractivity contribution >= 4 is 36.7 Å². The minimum absolute atomic E-state index is 0.00125. The molecule has 1 fully saturated rings. The van der Waals surface area contributed by atoms with Crippen molar-refractivity contribution in [2.45, 2.75) is 38.5 Å². The third-order valence-electron chi connectivity index (χ3n) is 7.18. The summed E-state index contributed by atoms with van der Waals surface area (Å²) in [5.74, 6) is -7.97. The van der Waals surface area contributed by atoms with E-state index in [2.05, 4.69) is 5.32 Å². The van der Waals surface area contributed by atoms with Crippen LogP contribution >= 0.6 is 0 Å². The van der Waals surface area contributed by atoms with Crippen LogP contribution in [-0.4, -0.2) is 86.5 Å². The minimum Gasteiger partial charge on any atom is -0.535 e. The Morgan fingerprint density at radius 3 is 2.49 bits per heavy atom. The first-order chi connectivity index (χ1) is 19.3. The largest absolute Gasteiger partial charge is 0.535 e. The zero-order valence-corrected chi connectivity index (χ0v) is 22.1. The molecular formula is C26H27BFN3O10. The predicted molar refractivity (Wildman–Crippen MR) is 139 cm³/mol. The van der Waals surface area contributed by atoms with Gasteiger partial charge in [-0.25, -0.2) is 14.0 Å². The second kappa shape index (κ2) is 11.4. The number of hydrogen-bond acceptors (Lipinski definition) is 9. The van der Waals surface area contributed by atoms with Gasteiger partial charge in [-0.05, 0) is 37.5 Å². The Morgan fingerprint density at radius 1 is 1.15 bits per heavy atom. The first-order valence-electron chi connectivity index (χ1n) is 12.7. The number of nitrogens with zero attached hydrogens (tertiary/aromatic N) is 2. The fraction of sp³-hybridized carbons (Fsp3) is 0.346. The number of rotatable bonds is 7. The monoisotopic (exact) mass is 571 g/mol. The number of piperazine rings is 1. The molecule has 13 nitrogen and oxygen atoms in total. The minimum atomic E-state index is -1.82. The van der Waals surface area contributed by atoms with E-state index in [4.69, 9.17) is 4.65 Å². The molecule has 2 aromatic carbocycles. The molecule has 0 spiro atoms. The number of likely N-dealkylation sites (N-methyl/N-ethyl adjacent to an activating group) is 1. The van der Waals surface area contributed by atoms with Crippen LogP contribution in [0.2, 0.25) is 5.82 Å². The predicted octanol–water partition coefficient (Wildman–Crippen LogP) is 1.13. The lowest BCUT2D eigenvalue weighted by molar-refractivity contribution is -0.153. The first-order valence-corrected chi connectivity index (χ1v) is 12.7. The number of aryl methyl sites for hydroxylation is 1. The number of carbonyl (C=O) groups excluding carboxylic acids is 4. The number of hydrogen-bond donors (Lipinski definition) is 5. The molecule has 2 aromatic rings. The Morgan fingerprint density at radius 2 is 1.83 bits per heavy atom. The Balaban J connectivity index is 1.62. The summed E-state index contributed by atoms with van der Waals surface area (Å²) >= 11 is 0. The highest BCUT2D eigenvalue weighted by atomic mass is 19.1. The highest BCUT2D eigenvalue weighted by Crippen LogP contribution is 2.39. The number of carboxylic acids is 1. The van der Waals surface area contributed by atoms with Gasteiger partial charge in [0.1, 0.15) is 23.2 Å². The van der Waals surface area contributed by atoms with Crippen LogP contribution in [0.25, 0.3) is 0 Å². The molecule has 4 rings (SSSR count). The van der Waals surface area contributed by atoms with Gasteiger partial charge in [-0.3, -0.25) is 19.3 Å². The lowest BCUT2D eigenvalue weighted by Gasteiger charge is -2.33. The van der Waals surface area contributed by atoms with Gasteiger partial charge in [0.05, 0.1) is 0 Å². The number of Topliss-reactive ketones (excluding diaryl/α,β-unsaturated/α-hetero) is 1. The molecule has 4 amide bonds. The molecule has 15 heteroatoms. The quantitative estimate of drug-likeness (QED) is 0.183. The second-order valence-corrected chi connectivity index (χ2v) is 9.78. The number of aromatic carboxylic acids is 1. The van der Waals surface area contributed by atoms with Gasteiger partial charge in [-0.1, -0.05) is 12.1 Å². The molecule has 2 aliphatic heterocycles. The molecule has 1 unspecified atom stereocenters. The Hall–Kier alpha value is -4.66. The maximum atomic E-state index is 14.9. The first kappa shape index (κ1) is 29.3. The molecule has 0 aliphatic carbocycles.